The fourth-order valence-electron chi connectivity index (χ4n) is 3.43. The van der Waals surface area contributed by atoms with Gasteiger partial charge in [-0.1, -0.05) is 0 Å². The zero-order chi connectivity index (χ0) is 21.5. The maximum absolute atomic E-state index is 13.0. The second kappa shape index (κ2) is 10.1. The van der Waals surface area contributed by atoms with E-state index in [0.29, 0.717) is 62.1 Å². The topological polar surface area (TPSA) is 72.3 Å². The highest BCUT2D eigenvalue weighted by Crippen LogP contribution is 2.28. The summed E-state index contributed by atoms with van der Waals surface area (Å²) >= 11 is 0. The van der Waals surface area contributed by atoms with Crippen LogP contribution in [0, 0.1) is 5.82 Å². The summed E-state index contributed by atoms with van der Waals surface area (Å²) in [6.45, 7) is 5.14. The van der Waals surface area contributed by atoms with E-state index in [1.54, 1.807) is 30.2 Å². The Hall–Kier alpha value is -3.13. The van der Waals surface area contributed by atoms with E-state index in [9.17, 15) is 14.0 Å². The van der Waals surface area contributed by atoms with Crippen LogP contribution in [0.2, 0.25) is 0 Å². The molecular formula is C22H27FN3O4+. The molecule has 0 radical (unpaired) electrons. The van der Waals surface area contributed by atoms with Crippen LogP contribution in [0.5, 0.6) is 11.5 Å². The van der Waals surface area contributed by atoms with Crippen LogP contribution in [0.25, 0.3) is 0 Å². The van der Waals surface area contributed by atoms with Gasteiger partial charge in [-0.3, -0.25) is 9.59 Å². The van der Waals surface area contributed by atoms with Crippen molar-refractivity contribution in [3.8, 4) is 11.5 Å². The molecule has 160 valence electrons. The van der Waals surface area contributed by atoms with Gasteiger partial charge in [0.1, 0.15) is 5.82 Å². The molecule has 30 heavy (non-hydrogen) atoms. The SMILES string of the molecule is CCOc1cc(C(=O)N2CC[NH+](CC(=O)Nc3ccc(F)cc3)CC2)ccc1OC. The number of rotatable bonds is 7. The van der Waals surface area contributed by atoms with Crippen LogP contribution in [0.4, 0.5) is 10.1 Å². The lowest BCUT2D eigenvalue weighted by Crippen LogP contribution is -3.15. The van der Waals surface area contributed by atoms with Gasteiger partial charge in [0, 0.05) is 11.3 Å². The molecule has 1 aliphatic heterocycles. The first kappa shape index (κ1) is 21.6. The van der Waals surface area contributed by atoms with Gasteiger partial charge in [-0.2, -0.15) is 0 Å². The van der Waals surface area contributed by atoms with Gasteiger partial charge in [0.15, 0.2) is 18.0 Å². The largest absolute Gasteiger partial charge is 0.493 e. The molecule has 2 aromatic carbocycles. The summed E-state index contributed by atoms with van der Waals surface area (Å²) in [6, 6.07) is 10.9. The fourth-order valence-corrected chi connectivity index (χ4v) is 3.43. The van der Waals surface area contributed by atoms with Gasteiger partial charge in [-0.05, 0) is 49.4 Å². The van der Waals surface area contributed by atoms with E-state index in [-0.39, 0.29) is 17.6 Å². The summed E-state index contributed by atoms with van der Waals surface area (Å²) in [5.74, 6) is 0.605. The molecular weight excluding hydrogens is 389 g/mol. The lowest BCUT2D eigenvalue weighted by Gasteiger charge is -2.32. The molecule has 7 nitrogen and oxygen atoms in total. The Bertz CT molecular complexity index is 880. The van der Waals surface area contributed by atoms with E-state index >= 15 is 0 Å². The summed E-state index contributed by atoms with van der Waals surface area (Å²) in [6.07, 6.45) is 0. The number of carbonyl (C=O) groups excluding carboxylic acids is 2. The molecule has 0 aliphatic carbocycles. The van der Waals surface area contributed by atoms with Crippen LogP contribution in [-0.4, -0.2) is 63.2 Å². The second-order valence-electron chi connectivity index (χ2n) is 7.07. The van der Waals surface area contributed by atoms with E-state index in [0.717, 1.165) is 4.90 Å². The fraction of sp³-hybridized carbons (Fsp3) is 0.364. The van der Waals surface area contributed by atoms with Crippen molar-refractivity contribution in [1.82, 2.24) is 4.90 Å². The molecule has 1 saturated heterocycles. The third-order valence-electron chi connectivity index (χ3n) is 5.01. The van der Waals surface area contributed by atoms with Gasteiger partial charge in [-0.15, -0.1) is 0 Å². The minimum absolute atomic E-state index is 0.0616. The van der Waals surface area contributed by atoms with Crippen molar-refractivity contribution in [2.75, 3.05) is 51.8 Å². The molecule has 0 aromatic heterocycles. The minimum Gasteiger partial charge on any atom is -0.493 e. The molecule has 2 aromatic rings. The molecule has 0 saturated carbocycles. The average Bonchev–Trinajstić information content (AvgIpc) is 2.75. The Labute approximate surface area is 175 Å². The molecule has 8 heteroatoms. The number of hydrogen-bond acceptors (Lipinski definition) is 4. The summed E-state index contributed by atoms with van der Waals surface area (Å²) in [5, 5.41) is 2.77. The predicted octanol–water partition coefficient (Wildman–Crippen LogP) is 1.21. The van der Waals surface area contributed by atoms with Crippen LogP contribution in [0.3, 0.4) is 0 Å². The molecule has 2 amide bonds. The lowest BCUT2D eigenvalue weighted by atomic mass is 10.1. The van der Waals surface area contributed by atoms with Gasteiger partial charge >= 0.3 is 0 Å². The standard InChI is InChI=1S/C22H26FN3O4/c1-3-30-20-14-16(4-9-19(20)29-2)22(28)26-12-10-25(11-13-26)15-21(27)24-18-7-5-17(23)6-8-18/h4-9,14H,3,10-13,15H2,1-2H3,(H,24,27)/p+1. The highest BCUT2D eigenvalue weighted by Gasteiger charge is 2.26. The van der Waals surface area contributed by atoms with E-state index in [1.165, 1.54) is 24.3 Å². The first-order valence-electron chi connectivity index (χ1n) is 9.99. The van der Waals surface area contributed by atoms with Crippen LogP contribution >= 0.6 is 0 Å². The second-order valence-corrected chi connectivity index (χ2v) is 7.07. The zero-order valence-corrected chi connectivity index (χ0v) is 17.2. The molecule has 0 unspecified atom stereocenters. The minimum atomic E-state index is -0.343. The van der Waals surface area contributed by atoms with E-state index in [4.69, 9.17) is 9.47 Å². The third kappa shape index (κ3) is 5.48. The summed E-state index contributed by atoms with van der Waals surface area (Å²) in [5.41, 5.74) is 1.12. The molecule has 0 spiro atoms. The predicted molar refractivity (Wildman–Crippen MR) is 111 cm³/mol. The number of halogens is 1. The number of anilines is 1. The van der Waals surface area contributed by atoms with Crippen molar-refractivity contribution < 1.29 is 28.4 Å². The van der Waals surface area contributed by atoms with Gasteiger partial charge in [-0.25, -0.2) is 4.39 Å². The number of piperazine rings is 1. The summed E-state index contributed by atoms with van der Waals surface area (Å²) < 4.78 is 23.8. The van der Waals surface area contributed by atoms with Gasteiger partial charge < -0.3 is 24.6 Å². The van der Waals surface area contributed by atoms with Gasteiger partial charge in [0.25, 0.3) is 11.8 Å². The average molecular weight is 416 g/mol. The Balaban J connectivity index is 1.52. The maximum atomic E-state index is 13.0. The number of amides is 2. The maximum Gasteiger partial charge on any atom is 0.279 e. The van der Waals surface area contributed by atoms with Crippen molar-refractivity contribution in [2.24, 2.45) is 0 Å². The van der Waals surface area contributed by atoms with E-state index in [2.05, 4.69) is 5.32 Å². The van der Waals surface area contributed by atoms with Gasteiger partial charge in [0.2, 0.25) is 0 Å². The molecule has 0 bridgehead atoms. The zero-order valence-electron chi connectivity index (χ0n) is 17.2. The lowest BCUT2D eigenvalue weighted by molar-refractivity contribution is -0.895. The van der Waals surface area contributed by atoms with Gasteiger partial charge in [0.05, 0.1) is 39.9 Å². The number of hydrogen-bond donors (Lipinski definition) is 2. The number of benzene rings is 2. The number of methoxy groups -OCH3 is 1. The number of quaternary nitrogens is 1. The number of carbonyl (C=O) groups is 2. The molecule has 3 rings (SSSR count). The Morgan fingerprint density at radius 3 is 2.43 bits per heavy atom. The van der Waals surface area contributed by atoms with Crippen molar-refractivity contribution in [3.63, 3.8) is 0 Å². The third-order valence-corrected chi connectivity index (χ3v) is 5.01. The van der Waals surface area contributed by atoms with Crippen molar-refractivity contribution in [1.29, 1.82) is 0 Å². The van der Waals surface area contributed by atoms with Crippen LogP contribution in [-0.2, 0) is 4.79 Å². The molecule has 0 atom stereocenters. The van der Waals surface area contributed by atoms with Crippen LogP contribution in [0.15, 0.2) is 42.5 Å². The molecule has 1 fully saturated rings. The van der Waals surface area contributed by atoms with Crippen molar-refractivity contribution in [3.05, 3.63) is 53.8 Å². The number of ether oxygens (including phenoxy) is 2. The van der Waals surface area contributed by atoms with E-state index in [1.807, 2.05) is 6.92 Å². The Kier molecular flexibility index (Phi) is 7.24. The van der Waals surface area contributed by atoms with Crippen molar-refractivity contribution >= 4 is 17.5 Å². The molecule has 2 N–H and O–H groups in total. The first-order valence-corrected chi connectivity index (χ1v) is 9.99. The smallest absolute Gasteiger partial charge is 0.279 e. The normalized spacial score (nSPS) is 14.3. The number of nitrogens with one attached hydrogen (secondary N) is 2. The molecule has 1 heterocycles. The number of nitrogens with zero attached hydrogens (tertiary/aromatic N) is 1. The quantitative estimate of drug-likeness (QED) is 0.712. The Morgan fingerprint density at radius 2 is 1.80 bits per heavy atom. The summed E-state index contributed by atoms with van der Waals surface area (Å²) in [7, 11) is 1.56. The summed E-state index contributed by atoms with van der Waals surface area (Å²) in [4.78, 5) is 28.0. The molecule has 1 aliphatic rings. The van der Waals surface area contributed by atoms with Crippen LogP contribution < -0.4 is 19.7 Å². The highest BCUT2D eigenvalue weighted by molar-refractivity contribution is 5.95. The Morgan fingerprint density at radius 1 is 1.10 bits per heavy atom. The highest BCUT2D eigenvalue weighted by atomic mass is 19.1. The van der Waals surface area contributed by atoms with Crippen molar-refractivity contribution in [2.45, 2.75) is 6.92 Å². The van der Waals surface area contributed by atoms with E-state index < -0.39 is 0 Å². The monoisotopic (exact) mass is 416 g/mol. The first-order chi connectivity index (χ1) is 14.5. The van der Waals surface area contributed by atoms with Crippen LogP contribution in [0.1, 0.15) is 17.3 Å².